The van der Waals surface area contributed by atoms with Gasteiger partial charge < -0.3 is 14.9 Å². The summed E-state index contributed by atoms with van der Waals surface area (Å²) in [4.78, 5) is 4.56. The maximum Gasteiger partial charge on any atom is 0.136 e. The SMILES string of the molecule is CN1CCN(c2ccc(Cl)c(O)c2)CC1. The molecule has 0 aromatic heterocycles. The average molecular weight is 227 g/mol. The quantitative estimate of drug-likeness (QED) is 0.791. The smallest absolute Gasteiger partial charge is 0.136 e. The molecule has 1 heterocycles. The number of benzene rings is 1. The number of nitrogens with zero attached hydrogens (tertiary/aromatic N) is 2. The van der Waals surface area contributed by atoms with E-state index in [-0.39, 0.29) is 5.75 Å². The predicted molar refractivity (Wildman–Crippen MR) is 62.8 cm³/mol. The summed E-state index contributed by atoms with van der Waals surface area (Å²) in [5, 5.41) is 9.92. The number of likely N-dealkylation sites (N-methyl/N-ethyl adjacent to an activating group) is 1. The summed E-state index contributed by atoms with van der Waals surface area (Å²) < 4.78 is 0. The van der Waals surface area contributed by atoms with Crippen LogP contribution in [0.4, 0.5) is 5.69 Å². The fraction of sp³-hybridized carbons (Fsp3) is 0.455. The molecule has 15 heavy (non-hydrogen) atoms. The van der Waals surface area contributed by atoms with Gasteiger partial charge in [0, 0.05) is 37.9 Å². The van der Waals surface area contributed by atoms with Crippen LogP contribution >= 0.6 is 11.6 Å². The molecule has 3 nitrogen and oxygen atoms in total. The van der Waals surface area contributed by atoms with E-state index >= 15 is 0 Å². The van der Waals surface area contributed by atoms with Crippen LogP contribution in [0.1, 0.15) is 0 Å². The van der Waals surface area contributed by atoms with Gasteiger partial charge in [0.25, 0.3) is 0 Å². The fourth-order valence-electron chi connectivity index (χ4n) is 1.76. The number of phenolic OH excluding ortho intramolecular Hbond substituents is 1. The first-order valence-electron chi connectivity index (χ1n) is 5.09. The number of piperazine rings is 1. The van der Waals surface area contributed by atoms with Gasteiger partial charge in [0.15, 0.2) is 0 Å². The van der Waals surface area contributed by atoms with Crippen LogP contribution in [-0.4, -0.2) is 43.2 Å². The van der Waals surface area contributed by atoms with E-state index in [1.807, 2.05) is 6.07 Å². The number of hydrogen-bond acceptors (Lipinski definition) is 3. The summed E-state index contributed by atoms with van der Waals surface area (Å²) >= 11 is 5.77. The zero-order valence-corrected chi connectivity index (χ0v) is 9.54. The van der Waals surface area contributed by atoms with Gasteiger partial charge >= 0.3 is 0 Å². The van der Waals surface area contributed by atoms with E-state index in [2.05, 4.69) is 16.8 Å². The summed E-state index contributed by atoms with van der Waals surface area (Å²) in [7, 11) is 2.12. The fourth-order valence-corrected chi connectivity index (χ4v) is 1.88. The van der Waals surface area contributed by atoms with E-state index in [0.717, 1.165) is 31.9 Å². The van der Waals surface area contributed by atoms with E-state index in [1.165, 1.54) is 0 Å². The molecule has 0 aliphatic carbocycles. The molecule has 1 N–H and O–H groups in total. The molecule has 1 aliphatic rings. The van der Waals surface area contributed by atoms with Gasteiger partial charge in [0.1, 0.15) is 5.75 Å². The third-order valence-electron chi connectivity index (χ3n) is 2.80. The van der Waals surface area contributed by atoms with Gasteiger partial charge in [0.2, 0.25) is 0 Å². The van der Waals surface area contributed by atoms with E-state index in [1.54, 1.807) is 12.1 Å². The predicted octanol–water partition coefficient (Wildman–Crippen LogP) is 1.80. The van der Waals surface area contributed by atoms with Crippen molar-refractivity contribution in [2.45, 2.75) is 0 Å². The van der Waals surface area contributed by atoms with Crippen molar-refractivity contribution in [3.05, 3.63) is 23.2 Å². The maximum atomic E-state index is 9.51. The Balaban J connectivity index is 2.12. The number of aromatic hydroxyl groups is 1. The van der Waals surface area contributed by atoms with Crippen LogP contribution in [0.5, 0.6) is 5.75 Å². The summed E-state index contributed by atoms with van der Waals surface area (Å²) in [6.07, 6.45) is 0. The Kier molecular flexibility index (Phi) is 3.03. The molecular formula is C11H15ClN2O. The minimum absolute atomic E-state index is 0.160. The lowest BCUT2D eigenvalue weighted by molar-refractivity contribution is 0.312. The highest BCUT2D eigenvalue weighted by atomic mass is 35.5. The van der Waals surface area contributed by atoms with Crippen LogP contribution in [-0.2, 0) is 0 Å². The van der Waals surface area contributed by atoms with Crippen molar-refractivity contribution in [1.29, 1.82) is 0 Å². The zero-order chi connectivity index (χ0) is 10.8. The van der Waals surface area contributed by atoms with Crippen molar-refractivity contribution >= 4 is 17.3 Å². The molecule has 0 saturated carbocycles. The molecule has 1 aromatic carbocycles. The number of phenols is 1. The van der Waals surface area contributed by atoms with Gasteiger partial charge in [-0.05, 0) is 19.2 Å². The maximum absolute atomic E-state index is 9.51. The van der Waals surface area contributed by atoms with Gasteiger partial charge in [-0.25, -0.2) is 0 Å². The zero-order valence-electron chi connectivity index (χ0n) is 8.78. The second-order valence-corrected chi connectivity index (χ2v) is 4.33. The second kappa shape index (κ2) is 4.29. The van der Waals surface area contributed by atoms with Gasteiger partial charge in [-0.1, -0.05) is 11.6 Å². The minimum Gasteiger partial charge on any atom is -0.506 e. The molecule has 0 amide bonds. The molecule has 0 unspecified atom stereocenters. The molecule has 0 bridgehead atoms. The summed E-state index contributed by atoms with van der Waals surface area (Å²) in [5.74, 6) is 0.160. The second-order valence-electron chi connectivity index (χ2n) is 3.93. The highest BCUT2D eigenvalue weighted by molar-refractivity contribution is 6.32. The number of anilines is 1. The van der Waals surface area contributed by atoms with Gasteiger partial charge in [-0.3, -0.25) is 0 Å². The van der Waals surface area contributed by atoms with Crippen LogP contribution in [0.3, 0.4) is 0 Å². The number of halogens is 1. The largest absolute Gasteiger partial charge is 0.506 e. The highest BCUT2D eigenvalue weighted by Gasteiger charge is 2.14. The van der Waals surface area contributed by atoms with Crippen molar-refractivity contribution in [2.24, 2.45) is 0 Å². The standard InChI is InChI=1S/C11H15ClN2O/c1-13-4-6-14(7-5-13)9-2-3-10(12)11(15)8-9/h2-3,8,15H,4-7H2,1H3. The van der Waals surface area contributed by atoms with Crippen LogP contribution in [0, 0.1) is 0 Å². The monoisotopic (exact) mass is 226 g/mol. The lowest BCUT2D eigenvalue weighted by Gasteiger charge is -2.34. The third kappa shape index (κ3) is 2.36. The van der Waals surface area contributed by atoms with Crippen LogP contribution in [0.15, 0.2) is 18.2 Å². The van der Waals surface area contributed by atoms with Crippen molar-refractivity contribution in [2.75, 3.05) is 38.1 Å². The Hall–Kier alpha value is -0.930. The number of rotatable bonds is 1. The van der Waals surface area contributed by atoms with Crippen molar-refractivity contribution < 1.29 is 5.11 Å². The first kappa shape index (κ1) is 10.6. The van der Waals surface area contributed by atoms with Crippen LogP contribution in [0.2, 0.25) is 5.02 Å². The first-order chi connectivity index (χ1) is 7.16. The number of hydrogen-bond donors (Lipinski definition) is 1. The Labute approximate surface area is 94.9 Å². The van der Waals surface area contributed by atoms with Gasteiger partial charge in [-0.2, -0.15) is 0 Å². The normalized spacial score (nSPS) is 18.1. The molecule has 82 valence electrons. The van der Waals surface area contributed by atoms with Crippen molar-refractivity contribution in [3.63, 3.8) is 0 Å². The van der Waals surface area contributed by atoms with Gasteiger partial charge in [-0.15, -0.1) is 0 Å². The molecule has 4 heteroatoms. The molecule has 0 radical (unpaired) electrons. The molecule has 1 fully saturated rings. The molecule has 1 aromatic rings. The minimum atomic E-state index is 0.160. The van der Waals surface area contributed by atoms with Crippen molar-refractivity contribution in [1.82, 2.24) is 4.90 Å². The lowest BCUT2D eigenvalue weighted by atomic mass is 10.2. The molecule has 0 atom stereocenters. The molecule has 1 aliphatic heterocycles. The Morgan fingerprint density at radius 3 is 2.47 bits per heavy atom. The van der Waals surface area contributed by atoms with E-state index in [9.17, 15) is 5.11 Å². The molecule has 0 spiro atoms. The van der Waals surface area contributed by atoms with E-state index in [0.29, 0.717) is 5.02 Å². The van der Waals surface area contributed by atoms with E-state index in [4.69, 9.17) is 11.6 Å². The Morgan fingerprint density at radius 1 is 1.20 bits per heavy atom. The lowest BCUT2D eigenvalue weighted by Crippen LogP contribution is -2.44. The summed E-state index contributed by atoms with van der Waals surface area (Å²) in [5.41, 5.74) is 1.05. The first-order valence-corrected chi connectivity index (χ1v) is 5.46. The third-order valence-corrected chi connectivity index (χ3v) is 3.12. The van der Waals surface area contributed by atoms with E-state index < -0.39 is 0 Å². The Morgan fingerprint density at radius 2 is 1.87 bits per heavy atom. The topological polar surface area (TPSA) is 26.7 Å². The highest BCUT2D eigenvalue weighted by Crippen LogP contribution is 2.28. The summed E-state index contributed by atoms with van der Waals surface area (Å²) in [6.45, 7) is 4.11. The summed E-state index contributed by atoms with van der Waals surface area (Å²) in [6, 6.07) is 5.42. The molecular weight excluding hydrogens is 212 g/mol. The average Bonchev–Trinajstić information content (AvgIpc) is 2.23. The molecule has 2 rings (SSSR count). The van der Waals surface area contributed by atoms with Crippen LogP contribution in [0.25, 0.3) is 0 Å². The molecule has 1 saturated heterocycles. The van der Waals surface area contributed by atoms with Crippen LogP contribution < -0.4 is 4.90 Å². The van der Waals surface area contributed by atoms with Crippen molar-refractivity contribution in [3.8, 4) is 5.75 Å². The Bertz CT molecular complexity index is 348. The van der Waals surface area contributed by atoms with Gasteiger partial charge in [0.05, 0.1) is 5.02 Å².